The molecule has 26 heavy (non-hydrogen) atoms. The number of nitrogens with zero attached hydrogens (tertiary/aromatic N) is 1. The second-order valence-electron chi connectivity index (χ2n) is 5.65. The summed E-state index contributed by atoms with van der Waals surface area (Å²) in [7, 11) is 1.09. The van der Waals surface area contributed by atoms with Crippen molar-refractivity contribution < 1.29 is 27.9 Å². The molecule has 0 N–H and O–H groups in total. The van der Waals surface area contributed by atoms with E-state index >= 15 is 0 Å². The number of carbonyl (C=O) groups is 3. The highest BCUT2D eigenvalue weighted by Crippen LogP contribution is 2.32. The molecule has 0 spiro atoms. The van der Waals surface area contributed by atoms with Crippen molar-refractivity contribution in [2.24, 2.45) is 0 Å². The van der Waals surface area contributed by atoms with Gasteiger partial charge < -0.3 is 4.74 Å². The fourth-order valence-electron chi connectivity index (χ4n) is 2.82. The van der Waals surface area contributed by atoms with Crippen LogP contribution in [0.4, 0.5) is 8.78 Å². The highest BCUT2D eigenvalue weighted by molar-refractivity contribution is 9.10. The van der Waals surface area contributed by atoms with Gasteiger partial charge >= 0.3 is 5.97 Å². The minimum Gasteiger partial charge on any atom is -0.468 e. The first-order valence-electron chi connectivity index (χ1n) is 7.50. The van der Waals surface area contributed by atoms with Crippen molar-refractivity contribution in [1.82, 2.24) is 4.90 Å². The van der Waals surface area contributed by atoms with E-state index < -0.39 is 35.3 Å². The highest BCUT2D eigenvalue weighted by atomic mass is 79.9. The number of benzene rings is 2. The third-order valence-electron chi connectivity index (χ3n) is 4.09. The lowest BCUT2D eigenvalue weighted by molar-refractivity contribution is -0.149. The lowest BCUT2D eigenvalue weighted by atomic mass is 9.88. The molecule has 1 heterocycles. The van der Waals surface area contributed by atoms with Crippen LogP contribution in [0.5, 0.6) is 0 Å². The van der Waals surface area contributed by atoms with E-state index in [1.165, 1.54) is 18.2 Å². The first kappa shape index (κ1) is 18.2. The van der Waals surface area contributed by atoms with Gasteiger partial charge in [-0.05, 0) is 35.9 Å². The third kappa shape index (κ3) is 3.12. The maximum atomic E-state index is 14.1. The van der Waals surface area contributed by atoms with Crippen LogP contribution in [0.15, 0.2) is 40.9 Å². The summed E-state index contributed by atoms with van der Waals surface area (Å²) in [6.07, 6.45) is 0. The van der Waals surface area contributed by atoms with E-state index in [-0.39, 0.29) is 23.2 Å². The molecular formula is C18H12BrF2NO4. The second kappa shape index (κ2) is 6.95. The van der Waals surface area contributed by atoms with Crippen LogP contribution in [0.3, 0.4) is 0 Å². The number of fused-ring (bicyclic) bond motifs is 1. The Balaban J connectivity index is 2.07. The minimum absolute atomic E-state index is 0.00100. The maximum Gasteiger partial charge on any atom is 0.322 e. The average Bonchev–Trinajstić information content (AvgIpc) is 2.59. The SMILES string of the molecule is COC(=O)[C@H]1C(=O)N(Cc2ccc(Br)cc2F)C(=O)c2ccc(F)cc21. The van der Waals surface area contributed by atoms with Crippen molar-refractivity contribution >= 4 is 33.7 Å². The molecule has 0 radical (unpaired) electrons. The van der Waals surface area contributed by atoms with Crippen molar-refractivity contribution in [3.05, 3.63) is 69.2 Å². The van der Waals surface area contributed by atoms with Gasteiger partial charge in [0.25, 0.3) is 5.91 Å². The van der Waals surface area contributed by atoms with Crippen LogP contribution in [0, 0.1) is 11.6 Å². The number of imide groups is 1. The summed E-state index contributed by atoms with van der Waals surface area (Å²) in [5.41, 5.74) is 0.0439. The quantitative estimate of drug-likeness (QED) is 0.432. The van der Waals surface area contributed by atoms with Gasteiger partial charge in [-0.25, -0.2) is 8.78 Å². The second-order valence-corrected chi connectivity index (χ2v) is 6.57. The third-order valence-corrected chi connectivity index (χ3v) is 4.59. The van der Waals surface area contributed by atoms with Gasteiger partial charge in [0.15, 0.2) is 5.92 Å². The Morgan fingerprint density at radius 2 is 1.92 bits per heavy atom. The number of halogens is 3. The molecule has 1 aliphatic heterocycles. The number of carbonyl (C=O) groups excluding carboxylic acids is 3. The average molecular weight is 424 g/mol. The van der Waals surface area contributed by atoms with E-state index in [1.807, 2.05) is 0 Å². The van der Waals surface area contributed by atoms with Gasteiger partial charge in [-0.1, -0.05) is 22.0 Å². The number of methoxy groups -OCH3 is 1. The molecule has 3 rings (SSSR count). The number of hydrogen-bond acceptors (Lipinski definition) is 4. The summed E-state index contributed by atoms with van der Waals surface area (Å²) < 4.78 is 32.8. The molecule has 1 aliphatic rings. The maximum absolute atomic E-state index is 14.1. The molecule has 0 saturated carbocycles. The van der Waals surface area contributed by atoms with Gasteiger partial charge in [0.2, 0.25) is 5.91 Å². The highest BCUT2D eigenvalue weighted by Gasteiger charge is 2.43. The molecule has 2 aromatic carbocycles. The van der Waals surface area contributed by atoms with Crippen LogP contribution in [0.2, 0.25) is 0 Å². The Morgan fingerprint density at radius 1 is 1.19 bits per heavy atom. The Kier molecular flexibility index (Phi) is 4.86. The van der Waals surface area contributed by atoms with Crippen molar-refractivity contribution in [3.8, 4) is 0 Å². The number of hydrogen-bond donors (Lipinski definition) is 0. The Bertz CT molecular complexity index is 931. The zero-order valence-corrected chi connectivity index (χ0v) is 15.0. The molecule has 0 unspecified atom stereocenters. The van der Waals surface area contributed by atoms with E-state index in [4.69, 9.17) is 0 Å². The Hall–Kier alpha value is -2.61. The van der Waals surface area contributed by atoms with Gasteiger partial charge in [0.05, 0.1) is 13.7 Å². The van der Waals surface area contributed by atoms with E-state index in [0.717, 1.165) is 24.1 Å². The molecule has 0 fully saturated rings. The number of rotatable bonds is 3. The van der Waals surface area contributed by atoms with Crippen LogP contribution >= 0.6 is 15.9 Å². The smallest absolute Gasteiger partial charge is 0.322 e. The summed E-state index contributed by atoms with van der Waals surface area (Å²) in [6.45, 7) is -0.360. The lowest BCUT2D eigenvalue weighted by Gasteiger charge is -2.31. The first-order chi connectivity index (χ1) is 12.3. The number of ether oxygens (including phenoxy) is 1. The molecule has 1 atom stereocenters. The molecule has 0 aromatic heterocycles. The topological polar surface area (TPSA) is 63.7 Å². The van der Waals surface area contributed by atoms with Crippen molar-refractivity contribution in [3.63, 3.8) is 0 Å². The van der Waals surface area contributed by atoms with E-state index in [1.54, 1.807) is 6.07 Å². The Morgan fingerprint density at radius 3 is 2.58 bits per heavy atom. The minimum atomic E-state index is -1.48. The normalized spacial score (nSPS) is 16.5. The molecule has 0 bridgehead atoms. The summed E-state index contributed by atoms with van der Waals surface area (Å²) in [5.74, 6) is -5.32. The van der Waals surface area contributed by atoms with Crippen molar-refractivity contribution in [2.45, 2.75) is 12.5 Å². The number of amides is 2. The fraction of sp³-hybridized carbons (Fsp3) is 0.167. The predicted octanol–water partition coefficient (Wildman–Crippen LogP) is 3.17. The number of esters is 1. The van der Waals surface area contributed by atoms with Crippen LogP contribution < -0.4 is 0 Å². The molecule has 134 valence electrons. The molecule has 5 nitrogen and oxygen atoms in total. The monoisotopic (exact) mass is 423 g/mol. The van der Waals surface area contributed by atoms with E-state index in [0.29, 0.717) is 4.47 Å². The van der Waals surface area contributed by atoms with E-state index in [9.17, 15) is 23.2 Å². The molecule has 2 aromatic rings. The molecule has 2 amide bonds. The van der Waals surface area contributed by atoms with Gasteiger partial charge in [0, 0.05) is 15.6 Å². The van der Waals surface area contributed by atoms with Crippen LogP contribution in [0.1, 0.15) is 27.4 Å². The molecular weight excluding hydrogens is 412 g/mol. The molecule has 0 aliphatic carbocycles. The van der Waals surface area contributed by atoms with Crippen LogP contribution in [-0.2, 0) is 20.9 Å². The van der Waals surface area contributed by atoms with E-state index in [2.05, 4.69) is 20.7 Å². The van der Waals surface area contributed by atoms with Crippen LogP contribution in [-0.4, -0.2) is 29.8 Å². The summed E-state index contributed by atoms with van der Waals surface area (Å²) >= 11 is 3.13. The lowest BCUT2D eigenvalue weighted by Crippen LogP contribution is -2.47. The first-order valence-corrected chi connectivity index (χ1v) is 8.29. The fourth-order valence-corrected chi connectivity index (χ4v) is 3.15. The van der Waals surface area contributed by atoms with Crippen molar-refractivity contribution in [2.75, 3.05) is 7.11 Å². The van der Waals surface area contributed by atoms with Gasteiger partial charge in [-0.3, -0.25) is 19.3 Å². The van der Waals surface area contributed by atoms with Gasteiger partial charge in [0.1, 0.15) is 11.6 Å². The molecule has 0 saturated heterocycles. The molecule has 8 heteroatoms. The predicted molar refractivity (Wildman–Crippen MR) is 90.1 cm³/mol. The zero-order chi connectivity index (χ0) is 19.0. The van der Waals surface area contributed by atoms with Crippen LogP contribution in [0.25, 0.3) is 0 Å². The van der Waals surface area contributed by atoms with Gasteiger partial charge in [-0.2, -0.15) is 0 Å². The van der Waals surface area contributed by atoms with Gasteiger partial charge in [-0.15, -0.1) is 0 Å². The largest absolute Gasteiger partial charge is 0.468 e. The Labute approximate surface area is 155 Å². The standard InChI is InChI=1S/C18H12BrF2NO4/c1-26-18(25)15-13-7-11(20)4-5-12(13)16(23)22(17(15)24)8-9-2-3-10(19)6-14(9)21/h2-7,15H,8H2,1H3/t15-/m1/s1. The zero-order valence-electron chi connectivity index (χ0n) is 13.5. The summed E-state index contributed by atoms with van der Waals surface area (Å²) in [5, 5.41) is 0. The summed E-state index contributed by atoms with van der Waals surface area (Å²) in [4.78, 5) is 38.3. The van der Waals surface area contributed by atoms with Crippen molar-refractivity contribution in [1.29, 1.82) is 0 Å². The summed E-state index contributed by atoms with van der Waals surface area (Å²) in [6, 6.07) is 7.41.